The second-order valence-electron chi connectivity index (χ2n) is 7.49. The molecule has 7 nitrogen and oxygen atoms in total. The molecule has 1 aliphatic heterocycles. The lowest BCUT2D eigenvalue weighted by molar-refractivity contribution is -0.144. The molecular weight excluding hydrogens is 342 g/mol. The zero-order valence-electron chi connectivity index (χ0n) is 15.8. The number of H-pyrrole nitrogens is 1. The number of aryl methyl sites for hydroxylation is 1. The van der Waals surface area contributed by atoms with Crippen LogP contribution in [0.4, 0.5) is 11.6 Å². The molecule has 0 spiro atoms. The highest BCUT2D eigenvalue weighted by molar-refractivity contribution is 5.79. The van der Waals surface area contributed by atoms with Gasteiger partial charge in [0, 0.05) is 24.2 Å². The summed E-state index contributed by atoms with van der Waals surface area (Å²) in [5.41, 5.74) is 1.83. The summed E-state index contributed by atoms with van der Waals surface area (Å²) in [6.07, 6.45) is 5.48. The Morgan fingerprint density at radius 1 is 1.26 bits per heavy atom. The van der Waals surface area contributed by atoms with Crippen molar-refractivity contribution < 1.29 is 9.53 Å². The van der Waals surface area contributed by atoms with Crippen LogP contribution in [0.3, 0.4) is 0 Å². The highest BCUT2D eigenvalue weighted by Gasteiger charge is 2.31. The summed E-state index contributed by atoms with van der Waals surface area (Å²) in [5, 5.41) is 10.3. The van der Waals surface area contributed by atoms with E-state index in [1.807, 2.05) is 36.1 Å². The van der Waals surface area contributed by atoms with Crippen LogP contribution in [0.25, 0.3) is 0 Å². The number of nitrogens with zero attached hydrogens (tertiary/aromatic N) is 3. The predicted molar refractivity (Wildman–Crippen MR) is 103 cm³/mol. The van der Waals surface area contributed by atoms with Crippen molar-refractivity contribution in [1.82, 2.24) is 20.1 Å². The molecule has 0 bridgehead atoms. The summed E-state index contributed by atoms with van der Waals surface area (Å²) >= 11 is 0. The molecule has 2 N–H and O–H groups in total. The summed E-state index contributed by atoms with van der Waals surface area (Å²) in [7, 11) is 0. The molecule has 2 aromatic rings. The Morgan fingerprint density at radius 2 is 2.11 bits per heavy atom. The van der Waals surface area contributed by atoms with Gasteiger partial charge in [-0.05, 0) is 31.9 Å². The highest BCUT2D eigenvalue weighted by Crippen LogP contribution is 2.28. The smallest absolute Gasteiger partial charge is 0.225 e. The fourth-order valence-corrected chi connectivity index (χ4v) is 3.95. The number of aromatic nitrogens is 3. The maximum absolute atomic E-state index is 12.9. The Balaban J connectivity index is 1.43. The number of ether oxygens (including phenoxy) is 1. The van der Waals surface area contributed by atoms with Crippen molar-refractivity contribution in [3.63, 3.8) is 0 Å². The van der Waals surface area contributed by atoms with Crippen molar-refractivity contribution in [2.45, 2.75) is 45.1 Å². The standard InChI is InChI=1S/C20H27N5O2/c1-14-12-19(24-23-14)22-18-9-5-8-16(21-18)17-13-25(10-11-27-17)20(26)15-6-3-2-4-7-15/h5,8-9,12,15,17H,2-4,6-7,10-11,13H2,1H3,(H2,21,22,23,24)/t17-/m1/s1. The molecule has 1 atom stereocenters. The second kappa shape index (κ2) is 8.08. The van der Waals surface area contributed by atoms with Crippen molar-refractivity contribution in [1.29, 1.82) is 0 Å². The quantitative estimate of drug-likeness (QED) is 0.864. The van der Waals surface area contributed by atoms with Gasteiger partial charge in [0.2, 0.25) is 5.91 Å². The van der Waals surface area contributed by atoms with E-state index in [1.54, 1.807) is 0 Å². The lowest BCUT2D eigenvalue weighted by atomic mass is 9.88. The first-order chi connectivity index (χ1) is 13.2. The topological polar surface area (TPSA) is 83.1 Å². The van der Waals surface area contributed by atoms with E-state index < -0.39 is 0 Å². The number of pyridine rings is 1. The van der Waals surface area contributed by atoms with Gasteiger partial charge >= 0.3 is 0 Å². The average molecular weight is 369 g/mol. The molecule has 144 valence electrons. The van der Waals surface area contributed by atoms with E-state index in [2.05, 4.69) is 20.5 Å². The van der Waals surface area contributed by atoms with Crippen LogP contribution in [-0.2, 0) is 9.53 Å². The van der Waals surface area contributed by atoms with Gasteiger partial charge in [0.1, 0.15) is 11.9 Å². The molecule has 27 heavy (non-hydrogen) atoms. The number of rotatable bonds is 4. The van der Waals surface area contributed by atoms with Gasteiger partial charge in [0.15, 0.2) is 5.82 Å². The van der Waals surface area contributed by atoms with Crippen LogP contribution in [0.5, 0.6) is 0 Å². The SMILES string of the molecule is Cc1cc(Nc2cccc([C@H]3CN(C(=O)C4CCCCC4)CCO3)n2)n[nH]1. The van der Waals surface area contributed by atoms with Crippen LogP contribution >= 0.6 is 0 Å². The van der Waals surface area contributed by atoms with Gasteiger partial charge in [-0.15, -0.1) is 0 Å². The molecular formula is C20H27N5O2. The number of aromatic amines is 1. The monoisotopic (exact) mass is 369 g/mol. The fraction of sp³-hybridized carbons (Fsp3) is 0.550. The average Bonchev–Trinajstić information content (AvgIpc) is 3.13. The first kappa shape index (κ1) is 18.0. The minimum Gasteiger partial charge on any atom is -0.368 e. The summed E-state index contributed by atoms with van der Waals surface area (Å²) in [6, 6.07) is 7.74. The predicted octanol–water partition coefficient (Wildman–Crippen LogP) is 3.34. The van der Waals surface area contributed by atoms with Crippen molar-refractivity contribution in [3.8, 4) is 0 Å². The van der Waals surface area contributed by atoms with E-state index in [4.69, 9.17) is 4.74 Å². The molecule has 0 unspecified atom stereocenters. The van der Waals surface area contributed by atoms with Crippen molar-refractivity contribution >= 4 is 17.5 Å². The van der Waals surface area contributed by atoms with Gasteiger partial charge in [-0.25, -0.2) is 4.98 Å². The Morgan fingerprint density at radius 3 is 2.89 bits per heavy atom. The first-order valence-electron chi connectivity index (χ1n) is 9.85. The van der Waals surface area contributed by atoms with Gasteiger partial charge in [-0.3, -0.25) is 9.89 Å². The number of hydrogen-bond acceptors (Lipinski definition) is 5. The van der Waals surface area contributed by atoms with Crippen molar-refractivity contribution in [2.24, 2.45) is 5.92 Å². The number of morpholine rings is 1. The molecule has 2 fully saturated rings. The molecule has 2 aromatic heterocycles. The van der Waals surface area contributed by atoms with E-state index in [1.165, 1.54) is 19.3 Å². The maximum Gasteiger partial charge on any atom is 0.225 e. The van der Waals surface area contributed by atoms with Crippen LogP contribution in [0.1, 0.15) is 49.6 Å². The number of amides is 1. The van der Waals surface area contributed by atoms with Crippen molar-refractivity contribution in [3.05, 3.63) is 35.7 Å². The molecule has 2 aliphatic rings. The normalized spacial score (nSPS) is 21.2. The Labute approximate surface area is 159 Å². The molecule has 1 saturated carbocycles. The lowest BCUT2D eigenvalue weighted by Crippen LogP contribution is -2.45. The van der Waals surface area contributed by atoms with Gasteiger partial charge in [-0.1, -0.05) is 25.3 Å². The number of hydrogen-bond donors (Lipinski definition) is 2. The number of anilines is 2. The largest absolute Gasteiger partial charge is 0.368 e. The summed E-state index contributed by atoms with van der Waals surface area (Å²) in [6.45, 7) is 3.76. The third-order valence-corrected chi connectivity index (χ3v) is 5.40. The molecule has 1 saturated heterocycles. The summed E-state index contributed by atoms with van der Waals surface area (Å²) in [4.78, 5) is 19.5. The number of carbonyl (C=O) groups is 1. The highest BCUT2D eigenvalue weighted by atomic mass is 16.5. The van der Waals surface area contributed by atoms with Crippen LogP contribution in [-0.4, -0.2) is 45.7 Å². The second-order valence-corrected chi connectivity index (χ2v) is 7.49. The van der Waals surface area contributed by atoms with E-state index in [0.717, 1.165) is 35.9 Å². The van der Waals surface area contributed by atoms with Crippen LogP contribution in [0, 0.1) is 12.8 Å². The minimum absolute atomic E-state index is 0.186. The van der Waals surface area contributed by atoms with Gasteiger partial charge in [0.05, 0.1) is 18.8 Å². The Bertz CT molecular complexity index is 784. The molecule has 0 aromatic carbocycles. The summed E-state index contributed by atoms with van der Waals surface area (Å²) < 4.78 is 5.94. The zero-order chi connectivity index (χ0) is 18.6. The lowest BCUT2D eigenvalue weighted by Gasteiger charge is -2.35. The van der Waals surface area contributed by atoms with E-state index in [-0.39, 0.29) is 12.0 Å². The maximum atomic E-state index is 12.9. The molecule has 7 heteroatoms. The van der Waals surface area contributed by atoms with Gasteiger partial charge < -0.3 is 15.0 Å². The third kappa shape index (κ3) is 4.30. The minimum atomic E-state index is -0.186. The van der Waals surface area contributed by atoms with E-state index >= 15 is 0 Å². The fourth-order valence-electron chi connectivity index (χ4n) is 3.95. The summed E-state index contributed by atoms with van der Waals surface area (Å²) in [5.74, 6) is 1.94. The van der Waals surface area contributed by atoms with E-state index in [9.17, 15) is 4.79 Å². The van der Waals surface area contributed by atoms with E-state index in [0.29, 0.717) is 25.6 Å². The zero-order valence-corrected chi connectivity index (χ0v) is 15.8. The Hall–Kier alpha value is -2.41. The van der Waals surface area contributed by atoms with Crippen molar-refractivity contribution in [2.75, 3.05) is 25.0 Å². The van der Waals surface area contributed by atoms with Gasteiger partial charge in [-0.2, -0.15) is 5.10 Å². The first-order valence-corrected chi connectivity index (χ1v) is 9.85. The van der Waals surface area contributed by atoms with Crippen LogP contribution in [0.15, 0.2) is 24.3 Å². The molecule has 1 aliphatic carbocycles. The number of nitrogens with one attached hydrogen (secondary N) is 2. The third-order valence-electron chi connectivity index (χ3n) is 5.40. The molecule has 1 amide bonds. The van der Waals surface area contributed by atoms with Crippen LogP contribution in [0.2, 0.25) is 0 Å². The molecule has 0 radical (unpaired) electrons. The number of carbonyl (C=O) groups excluding carboxylic acids is 1. The molecule has 3 heterocycles. The van der Waals surface area contributed by atoms with Crippen LogP contribution < -0.4 is 5.32 Å². The van der Waals surface area contributed by atoms with Gasteiger partial charge in [0.25, 0.3) is 0 Å². The molecule has 4 rings (SSSR count). The Kier molecular flexibility index (Phi) is 5.38.